The third-order valence-corrected chi connectivity index (χ3v) is 4.87. The van der Waals surface area contributed by atoms with Crippen molar-refractivity contribution in [2.24, 2.45) is 7.05 Å². The molecule has 1 aromatic carbocycles. The predicted octanol–water partition coefficient (Wildman–Crippen LogP) is 0.695. The van der Waals surface area contributed by atoms with Crippen LogP contribution in [0.4, 0.5) is 5.69 Å². The fourth-order valence-corrected chi connectivity index (χ4v) is 3.17. The fourth-order valence-electron chi connectivity index (χ4n) is 1.92. The van der Waals surface area contributed by atoms with E-state index in [1.165, 1.54) is 29.6 Å². The van der Waals surface area contributed by atoms with E-state index in [0.29, 0.717) is 5.56 Å². The molecule has 2 aromatic rings. The molecule has 0 aliphatic heterocycles. The van der Waals surface area contributed by atoms with E-state index >= 15 is 0 Å². The average Bonchev–Trinajstić information content (AvgIpc) is 2.83. The minimum absolute atomic E-state index is 0.00658. The first-order valence-corrected chi connectivity index (χ1v) is 7.52. The Morgan fingerprint density at radius 2 is 2.19 bits per heavy atom. The van der Waals surface area contributed by atoms with E-state index in [9.17, 15) is 8.42 Å². The summed E-state index contributed by atoms with van der Waals surface area (Å²) >= 11 is 0. The van der Waals surface area contributed by atoms with Crippen LogP contribution in [0.1, 0.15) is 11.1 Å². The molecule has 1 aromatic heterocycles. The number of sulfonamides is 1. The van der Waals surface area contributed by atoms with Crippen molar-refractivity contribution in [2.45, 2.75) is 11.4 Å². The summed E-state index contributed by atoms with van der Waals surface area (Å²) in [6.07, 6.45) is 3.35. The molecule has 7 nitrogen and oxygen atoms in total. The Bertz CT molecular complexity index is 804. The number of nitrogens with zero attached hydrogens (tertiary/aromatic N) is 4. The minimum Gasteiger partial charge on any atom is -0.398 e. The van der Waals surface area contributed by atoms with Crippen molar-refractivity contribution < 1.29 is 8.42 Å². The van der Waals surface area contributed by atoms with Gasteiger partial charge < -0.3 is 5.73 Å². The minimum atomic E-state index is -3.72. The molecule has 8 heteroatoms. The molecule has 21 heavy (non-hydrogen) atoms. The molecule has 0 bridgehead atoms. The third kappa shape index (κ3) is 3.04. The summed E-state index contributed by atoms with van der Waals surface area (Å²) in [5.74, 6) is 0. The van der Waals surface area contributed by atoms with Gasteiger partial charge in [-0.25, -0.2) is 8.42 Å². The number of nitriles is 1. The molecule has 0 aliphatic rings. The van der Waals surface area contributed by atoms with Crippen molar-refractivity contribution in [3.05, 3.63) is 41.7 Å². The molecular formula is C13H15N5O2S. The number of aromatic nitrogens is 2. The fraction of sp³-hybridized carbons (Fsp3) is 0.231. The number of nitrogens with two attached hydrogens (primary N) is 1. The van der Waals surface area contributed by atoms with Gasteiger partial charge in [-0.3, -0.25) is 4.68 Å². The lowest BCUT2D eigenvalue weighted by Crippen LogP contribution is -2.27. The van der Waals surface area contributed by atoms with E-state index in [2.05, 4.69) is 5.10 Å². The van der Waals surface area contributed by atoms with Gasteiger partial charge in [-0.05, 0) is 18.2 Å². The first-order chi connectivity index (χ1) is 9.84. The Balaban J connectivity index is 2.31. The van der Waals surface area contributed by atoms with Crippen LogP contribution in [0.3, 0.4) is 0 Å². The molecule has 0 amide bonds. The van der Waals surface area contributed by atoms with Crippen molar-refractivity contribution in [1.29, 1.82) is 5.26 Å². The summed E-state index contributed by atoms with van der Waals surface area (Å²) in [6, 6.07) is 6.05. The van der Waals surface area contributed by atoms with Crippen molar-refractivity contribution >= 4 is 15.7 Å². The highest BCUT2D eigenvalue weighted by Gasteiger charge is 2.23. The van der Waals surface area contributed by atoms with Crippen molar-refractivity contribution in [1.82, 2.24) is 14.1 Å². The second-order valence-electron chi connectivity index (χ2n) is 4.65. The normalized spacial score (nSPS) is 11.5. The highest BCUT2D eigenvalue weighted by atomic mass is 32.2. The van der Waals surface area contributed by atoms with E-state index in [-0.39, 0.29) is 17.1 Å². The van der Waals surface area contributed by atoms with Gasteiger partial charge in [-0.15, -0.1) is 0 Å². The summed E-state index contributed by atoms with van der Waals surface area (Å²) in [4.78, 5) is -0.00658. The molecule has 0 fully saturated rings. The van der Waals surface area contributed by atoms with Crippen LogP contribution < -0.4 is 5.73 Å². The van der Waals surface area contributed by atoms with Gasteiger partial charge in [0.2, 0.25) is 10.0 Å². The van der Waals surface area contributed by atoms with E-state index in [1.54, 1.807) is 24.1 Å². The zero-order valence-electron chi connectivity index (χ0n) is 11.7. The zero-order valence-corrected chi connectivity index (χ0v) is 12.5. The Morgan fingerprint density at radius 3 is 2.71 bits per heavy atom. The molecule has 0 spiro atoms. The first-order valence-electron chi connectivity index (χ1n) is 6.08. The second kappa shape index (κ2) is 5.55. The lowest BCUT2D eigenvalue weighted by molar-refractivity contribution is 0.467. The Kier molecular flexibility index (Phi) is 3.97. The SMILES string of the molecule is CN(Cc1cnn(C)c1)S(=O)(=O)c1ccc(C#N)cc1N. The van der Waals surface area contributed by atoms with Crippen molar-refractivity contribution in [3.8, 4) is 6.07 Å². The number of nitrogen functional groups attached to an aromatic ring is 1. The summed E-state index contributed by atoms with van der Waals surface area (Å²) < 4.78 is 27.8. The monoisotopic (exact) mass is 305 g/mol. The molecule has 110 valence electrons. The van der Waals surface area contributed by atoms with E-state index in [4.69, 9.17) is 11.0 Å². The van der Waals surface area contributed by atoms with E-state index in [1.807, 2.05) is 6.07 Å². The van der Waals surface area contributed by atoms with Crippen LogP contribution in [0.2, 0.25) is 0 Å². The Morgan fingerprint density at radius 1 is 1.48 bits per heavy atom. The van der Waals surface area contributed by atoms with Gasteiger partial charge in [0.1, 0.15) is 4.90 Å². The second-order valence-corrected chi connectivity index (χ2v) is 6.66. The van der Waals surface area contributed by atoms with E-state index < -0.39 is 10.0 Å². The molecule has 2 N–H and O–H groups in total. The number of hydrogen-bond donors (Lipinski definition) is 1. The van der Waals surface area contributed by atoms with Crippen LogP contribution in [0.25, 0.3) is 0 Å². The Hall–Kier alpha value is -2.37. The number of rotatable bonds is 4. The van der Waals surface area contributed by atoms with Gasteiger partial charge >= 0.3 is 0 Å². The maximum atomic E-state index is 12.5. The van der Waals surface area contributed by atoms with Gasteiger partial charge in [0.25, 0.3) is 0 Å². The van der Waals surface area contributed by atoms with Crippen LogP contribution in [0.15, 0.2) is 35.5 Å². The number of benzene rings is 1. The maximum Gasteiger partial charge on any atom is 0.245 e. The lowest BCUT2D eigenvalue weighted by atomic mass is 10.2. The summed E-state index contributed by atoms with van der Waals surface area (Å²) in [6.45, 7) is 0.190. The summed E-state index contributed by atoms with van der Waals surface area (Å²) in [5.41, 5.74) is 6.90. The number of anilines is 1. The number of hydrogen-bond acceptors (Lipinski definition) is 5. The van der Waals surface area contributed by atoms with Crippen molar-refractivity contribution in [3.63, 3.8) is 0 Å². The molecule has 2 rings (SSSR count). The first kappa shape index (κ1) is 15.0. The predicted molar refractivity (Wildman–Crippen MR) is 77.4 cm³/mol. The third-order valence-electron chi connectivity index (χ3n) is 2.99. The average molecular weight is 305 g/mol. The standard InChI is InChI=1S/C13H15N5O2S/c1-17-8-11(7-16-17)9-18(2)21(19,20)13-4-3-10(6-14)5-12(13)15/h3-5,7-8H,9,15H2,1-2H3. The lowest BCUT2D eigenvalue weighted by Gasteiger charge is -2.17. The molecule has 0 saturated heterocycles. The highest BCUT2D eigenvalue weighted by molar-refractivity contribution is 7.89. The highest BCUT2D eigenvalue weighted by Crippen LogP contribution is 2.23. The van der Waals surface area contributed by atoms with Crippen LogP contribution >= 0.6 is 0 Å². The largest absolute Gasteiger partial charge is 0.398 e. The number of aryl methyl sites for hydroxylation is 1. The summed E-state index contributed by atoms with van der Waals surface area (Å²) in [5, 5.41) is 12.8. The molecule has 0 saturated carbocycles. The molecule has 0 radical (unpaired) electrons. The van der Waals surface area contributed by atoms with Crippen molar-refractivity contribution in [2.75, 3.05) is 12.8 Å². The zero-order chi connectivity index (χ0) is 15.6. The molecule has 1 heterocycles. The molecule has 0 unspecified atom stereocenters. The van der Waals surface area contributed by atoms with Gasteiger partial charge in [0.15, 0.2) is 0 Å². The quantitative estimate of drug-likeness (QED) is 0.837. The van der Waals surface area contributed by atoms with Gasteiger partial charge in [0, 0.05) is 32.4 Å². The smallest absolute Gasteiger partial charge is 0.245 e. The van der Waals surface area contributed by atoms with E-state index in [0.717, 1.165) is 5.56 Å². The van der Waals surface area contributed by atoms with Gasteiger partial charge in [-0.2, -0.15) is 14.7 Å². The molecular weight excluding hydrogens is 290 g/mol. The van der Waals surface area contributed by atoms with Crippen LogP contribution in [0, 0.1) is 11.3 Å². The maximum absolute atomic E-state index is 12.5. The topological polar surface area (TPSA) is 105 Å². The van der Waals surface area contributed by atoms with Crippen LogP contribution in [0.5, 0.6) is 0 Å². The molecule has 0 atom stereocenters. The van der Waals surface area contributed by atoms with Crippen LogP contribution in [-0.4, -0.2) is 29.6 Å². The molecule has 0 aliphatic carbocycles. The van der Waals surface area contributed by atoms with Gasteiger partial charge in [0.05, 0.1) is 23.5 Å². The summed E-state index contributed by atoms with van der Waals surface area (Å²) in [7, 11) is -0.489. The van der Waals surface area contributed by atoms with Gasteiger partial charge in [-0.1, -0.05) is 0 Å². The van der Waals surface area contributed by atoms with Crippen LogP contribution in [-0.2, 0) is 23.6 Å². The Labute approximate surface area is 123 Å².